The van der Waals surface area contributed by atoms with Crippen LogP contribution < -0.4 is 5.32 Å². The fourth-order valence-corrected chi connectivity index (χ4v) is 1.34. The standard InChI is InChI=1S/C8H18N2O/c1-9-4-5-10(2)8-3-6-11-7-8/h8-9H,3-7H2,1-2H3. The number of ether oxygens (including phenoxy) is 1. The second-order valence-corrected chi connectivity index (χ2v) is 3.10. The lowest BCUT2D eigenvalue weighted by molar-refractivity contribution is 0.160. The van der Waals surface area contributed by atoms with Gasteiger partial charge in [-0.05, 0) is 20.5 Å². The van der Waals surface area contributed by atoms with Gasteiger partial charge in [-0.15, -0.1) is 0 Å². The van der Waals surface area contributed by atoms with Gasteiger partial charge >= 0.3 is 0 Å². The monoisotopic (exact) mass is 158 g/mol. The second-order valence-electron chi connectivity index (χ2n) is 3.10. The maximum Gasteiger partial charge on any atom is 0.0622 e. The molecule has 0 aromatic heterocycles. The summed E-state index contributed by atoms with van der Waals surface area (Å²) in [7, 11) is 4.15. The van der Waals surface area contributed by atoms with Crippen LogP contribution in [0.25, 0.3) is 0 Å². The first-order valence-corrected chi connectivity index (χ1v) is 4.27. The Labute approximate surface area is 68.7 Å². The summed E-state index contributed by atoms with van der Waals surface area (Å²) in [5, 5.41) is 3.14. The number of rotatable bonds is 4. The first kappa shape index (κ1) is 8.97. The highest BCUT2D eigenvalue weighted by molar-refractivity contribution is 4.72. The van der Waals surface area contributed by atoms with E-state index in [2.05, 4.69) is 17.3 Å². The summed E-state index contributed by atoms with van der Waals surface area (Å²) >= 11 is 0. The van der Waals surface area contributed by atoms with Crippen LogP contribution in [0.15, 0.2) is 0 Å². The largest absolute Gasteiger partial charge is 0.380 e. The summed E-state index contributed by atoms with van der Waals surface area (Å²) in [6, 6.07) is 0.656. The minimum absolute atomic E-state index is 0.656. The van der Waals surface area contributed by atoms with Crippen LogP contribution in [0.2, 0.25) is 0 Å². The van der Waals surface area contributed by atoms with E-state index in [9.17, 15) is 0 Å². The van der Waals surface area contributed by atoms with Crippen molar-refractivity contribution in [2.45, 2.75) is 12.5 Å². The van der Waals surface area contributed by atoms with Crippen molar-refractivity contribution in [1.82, 2.24) is 10.2 Å². The third-order valence-electron chi connectivity index (χ3n) is 2.24. The molecular formula is C8H18N2O. The van der Waals surface area contributed by atoms with Crippen LogP contribution in [0.4, 0.5) is 0 Å². The molecule has 1 N–H and O–H groups in total. The predicted octanol–water partition coefficient (Wildman–Crippen LogP) is -0.0735. The van der Waals surface area contributed by atoms with Crippen molar-refractivity contribution in [3.05, 3.63) is 0 Å². The fourth-order valence-electron chi connectivity index (χ4n) is 1.34. The summed E-state index contributed by atoms with van der Waals surface area (Å²) < 4.78 is 5.30. The molecule has 0 aromatic rings. The van der Waals surface area contributed by atoms with Crippen molar-refractivity contribution in [3.8, 4) is 0 Å². The van der Waals surface area contributed by atoms with Gasteiger partial charge in [-0.25, -0.2) is 0 Å². The molecule has 1 fully saturated rings. The number of hydrogen-bond donors (Lipinski definition) is 1. The molecule has 0 aliphatic carbocycles. The number of nitrogens with zero attached hydrogens (tertiary/aromatic N) is 1. The summed E-state index contributed by atoms with van der Waals surface area (Å²) in [5.41, 5.74) is 0. The Bertz CT molecular complexity index is 102. The normalized spacial score (nSPS) is 24.8. The zero-order chi connectivity index (χ0) is 8.10. The minimum atomic E-state index is 0.656. The van der Waals surface area contributed by atoms with Gasteiger partial charge in [0.1, 0.15) is 0 Å². The molecule has 0 amide bonds. The topological polar surface area (TPSA) is 24.5 Å². The van der Waals surface area contributed by atoms with E-state index in [1.807, 2.05) is 7.05 Å². The van der Waals surface area contributed by atoms with Gasteiger partial charge in [-0.3, -0.25) is 4.90 Å². The summed E-state index contributed by atoms with van der Waals surface area (Å²) in [5.74, 6) is 0. The Kier molecular flexibility index (Phi) is 3.83. The smallest absolute Gasteiger partial charge is 0.0622 e. The lowest BCUT2D eigenvalue weighted by Crippen LogP contribution is -2.36. The Balaban J connectivity index is 2.12. The quantitative estimate of drug-likeness (QED) is 0.619. The lowest BCUT2D eigenvalue weighted by Gasteiger charge is -2.22. The second kappa shape index (κ2) is 4.70. The van der Waals surface area contributed by atoms with Gasteiger partial charge in [0.05, 0.1) is 6.61 Å². The van der Waals surface area contributed by atoms with Crippen LogP contribution in [-0.4, -0.2) is 51.3 Å². The van der Waals surface area contributed by atoms with E-state index >= 15 is 0 Å². The van der Waals surface area contributed by atoms with Crippen LogP contribution in [0.3, 0.4) is 0 Å². The molecule has 66 valence electrons. The van der Waals surface area contributed by atoms with Crippen molar-refractivity contribution in [1.29, 1.82) is 0 Å². The van der Waals surface area contributed by atoms with Crippen molar-refractivity contribution in [3.63, 3.8) is 0 Å². The maximum absolute atomic E-state index is 5.30. The van der Waals surface area contributed by atoms with E-state index < -0.39 is 0 Å². The first-order valence-electron chi connectivity index (χ1n) is 4.27. The highest BCUT2D eigenvalue weighted by Gasteiger charge is 2.19. The molecule has 1 aliphatic rings. The van der Waals surface area contributed by atoms with Crippen molar-refractivity contribution in [2.24, 2.45) is 0 Å². The molecule has 0 aromatic carbocycles. The van der Waals surface area contributed by atoms with Gasteiger partial charge in [-0.2, -0.15) is 0 Å². The molecule has 0 spiro atoms. The van der Waals surface area contributed by atoms with E-state index in [1.165, 1.54) is 6.42 Å². The van der Waals surface area contributed by atoms with Gasteiger partial charge < -0.3 is 10.1 Å². The zero-order valence-corrected chi connectivity index (χ0v) is 7.47. The van der Waals surface area contributed by atoms with Crippen LogP contribution in [0.5, 0.6) is 0 Å². The van der Waals surface area contributed by atoms with Crippen LogP contribution in [0, 0.1) is 0 Å². The third kappa shape index (κ3) is 2.77. The summed E-state index contributed by atoms with van der Waals surface area (Å²) in [6.07, 6.45) is 1.19. The average Bonchev–Trinajstić information content (AvgIpc) is 2.52. The molecule has 0 saturated carbocycles. The summed E-state index contributed by atoms with van der Waals surface area (Å²) in [4.78, 5) is 2.36. The zero-order valence-electron chi connectivity index (χ0n) is 7.47. The molecule has 1 atom stereocenters. The molecule has 1 rings (SSSR count). The van der Waals surface area contributed by atoms with Crippen LogP contribution in [0.1, 0.15) is 6.42 Å². The third-order valence-corrected chi connectivity index (χ3v) is 2.24. The van der Waals surface area contributed by atoms with Crippen molar-refractivity contribution >= 4 is 0 Å². The Morgan fingerprint density at radius 1 is 1.64 bits per heavy atom. The Morgan fingerprint density at radius 3 is 3.00 bits per heavy atom. The van der Waals surface area contributed by atoms with E-state index in [0.717, 1.165) is 26.3 Å². The van der Waals surface area contributed by atoms with Crippen molar-refractivity contribution < 1.29 is 4.74 Å². The molecule has 0 bridgehead atoms. The van der Waals surface area contributed by atoms with E-state index in [1.54, 1.807) is 0 Å². The molecular weight excluding hydrogens is 140 g/mol. The Morgan fingerprint density at radius 2 is 2.45 bits per heavy atom. The van der Waals surface area contributed by atoms with Gasteiger partial charge in [0.2, 0.25) is 0 Å². The van der Waals surface area contributed by atoms with E-state index in [0.29, 0.717) is 6.04 Å². The first-order chi connectivity index (χ1) is 5.34. The molecule has 1 heterocycles. The molecule has 1 saturated heterocycles. The highest BCUT2D eigenvalue weighted by Crippen LogP contribution is 2.09. The average molecular weight is 158 g/mol. The van der Waals surface area contributed by atoms with Gasteiger partial charge in [-0.1, -0.05) is 0 Å². The predicted molar refractivity (Wildman–Crippen MR) is 45.8 cm³/mol. The van der Waals surface area contributed by atoms with E-state index in [4.69, 9.17) is 4.74 Å². The van der Waals surface area contributed by atoms with Gasteiger partial charge in [0, 0.05) is 25.7 Å². The van der Waals surface area contributed by atoms with Gasteiger partial charge in [0.25, 0.3) is 0 Å². The SMILES string of the molecule is CNCCN(C)C1CCOC1. The number of nitrogens with one attached hydrogen (secondary N) is 1. The number of hydrogen-bond acceptors (Lipinski definition) is 3. The molecule has 11 heavy (non-hydrogen) atoms. The number of likely N-dealkylation sites (N-methyl/N-ethyl adjacent to an activating group) is 2. The van der Waals surface area contributed by atoms with Gasteiger partial charge in [0.15, 0.2) is 0 Å². The molecule has 0 radical (unpaired) electrons. The maximum atomic E-state index is 5.30. The fraction of sp³-hybridized carbons (Fsp3) is 1.00. The highest BCUT2D eigenvalue weighted by atomic mass is 16.5. The molecule has 3 nitrogen and oxygen atoms in total. The van der Waals surface area contributed by atoms with Crippen molar-refractivity contribution in [2.75, 3.05) is 40.4 Å². The summed E-state index contributed by atoms with van der Waals surface area (Å²) in [6.45, 7) is 4.03. The van der Waals surface area contributed by atoms with Crippen LogP contribution >= 0.6 is 0 Å². The van der Waals surface area contributed by atoms with E-state index in [-0.39, 0.29) is 0 Å². The Hall–Kier alpha value is -0.120. The molecule has 1 aliphatic heterocycles. The minimum Gasteiger partial charge on any atom is -0.380 e. The molecule has 3 heteroatoms. The lowest BCUT2D eigenvalue weighted by atomic mass is 10.2. The van der Waals surface area contributed by atoms with Crippen LogP contribution in [-0.2, 0) is 4.74 Å². The molecule has 1 unspecified atom stereocenters.